The van der Waals surface area contributed by atoms with Crippen molar-refractivity contribution in [3.63, 3.8) is 0 Å². The summed E-state index contributed by atoms with van der Waals surface area (Å²) in [6.07, 6.45) is 8.70. The summed E-state index contributed by atoms with van der Waals surface area (Å²) in [5.74, 6) is 1.92. The standard InChI is InChI=1S/C14H28N2/c1-11(12-8-9-12)16(3)10-14(15-2)13-6-4-5-7-13/h11-15H,4-10H2,1-3H3. The van der Waals surface area contributed by atoms with Crippen LogP contribution in [0.15, 0.2) is 0 Å². The van der Waals surface area contributed by atoms with Crippen molar-refractivity contribution in [3.8, 4) is 0 Å². The lowest BCUT2D eigenvalue weighted by molar-refractivity contribution is 0.188. The zero-order chi connectivity index (χ0) is 11.5. The van der Waals surface area contributed by atoms with E-state index in [4.69, 9.17) is 0 Å². The van der Waals surface area contributed by atoms with E-state index in [1.54, 1.807) is 0 Å². The van der Waals surface area contributed by atoms with Gasteiger partial charge in [0.15, 0.2) is 0 Å². The fraction of sp³-hybridized carbons (Fsp3) is 1.00. The summed E-state index contributed by atoms with van der Waals surface area (Å²) >= 11 is 0. The van der Waals surface area contributed by atoms with Crippen LogP contribution in [0.4, 0.5) is 0 Å². The molecule has 0 heterocycles. The molecule has 2 nitrogen and oxygen atoms in total. The van der Waals surface area contributed by atoms with Gasteiger partial charge < -0.3 is 10.2 Å². The van der Waals surface area contributed by atoms with Gasteiger partial charge in [0, 0.05) is 18.6 Å². The van der Waals surface area contributed by atoms with Crippen molar-refractivity contribution in [2.75, 3.05) is 20.6 Å². The van der Waals surface area contributed by atoms with Gasteiger partial charge in [-0.25, -0.2) is 0 Å². The molecule has 0 saturated heterocycles. The molecule has 2 heteroatoms. The Labute approximate surface area is 101 Å². The predicted octanol–water partition coefficient (Wildman–Crippen LogP) is 2.49. The molecule has 0 aromatic heterocycles. The van der Waals surface area contributed by atoms with E-state index in [2.05, 4.69) is 31.2 Å². The summed E-state index contributed by atoms with van der Waals surface area (Å²) in [7, 11) is 4.45. The number of hydrogen-bond acceptors (Lipinski definition) is 2. The number of nitrogens with one attached hydrogen (secondary N) is 1. The van der Waals surface area contributed by atoms with Crippen molar-refractivity contribution in [1.82, 2.24) is 10.2 Å². The fourth-order valence-corrected chi connectivity index (χ4v) is 3.25. The molecule has 0 aromatic carbocycles. The minimum absolute atomic E-state index is 0.716. The average Bonchev–Trinajstić information content (AvgIpc) is 3.00. The molecule has 0 amide bonds. The van der Waals surface area contributed by atoms with Crippen molar-refractivity contribution in [3.05, 3.63) is 0 Å². The first-order valence-corrected chi connectivity index (χ1v) is 7.10. The summed E-state index contributed by atoms with van der Waals surface area (Å²) in [4.78, 5) is 2.58. The third kappa shape index (κ3) is 2.98. The third-order valence-corrected chi connectivity index (χ3v) is 4.82. The van der Waals surface area contributed by atoms with Crippen LogP contribution in [0.3, 0.4) is 0 Å². The van der Waals surface area contributed by atoms with Crippen LogP contribution in [0.2, 0.25) is 0 Å². The van der Waals surface area contributed by atoms with E-state index < -0.39 is 0 Å². The number of likely N-dealkylation sites (N-methyl/N-ethyl adjacent to an activating group) is 2. The monoisotopic (exact) mass is 224 g/mol. The van der Waals surface area contributed by atoms with Gasteiger partial charge in [-0.3, -0.25) is 0 Å². The van der Waals surface area contributed by atoms with Crippen LogP contribution >= 0.6 is 0 Å². The number of rotatable bonds is 6. The molecule has 2 aliphatic rings. The maximum absolute atomic E-state index is 3.55. The summed E-state index contributed by atoms with van der Waals surface area (Å²) in [6.45, 7) is 3.64. The molecule has 0 aromatic rings. The molecule has 0 bridgehead atoms. The van der Waals surface area contributed by atoms with E-state index in [0.29, 0.717) is 6.04 Å². The van der Waals surface area contributed by atoms with Crippen molar-refractivity contribution < 1.29 is 0 Å². The molecule has 0 radical (unpaired) electrons. The van der Waals surface area contributed by atoms with Crippen LogP contribution in [0, 0.1) is 11.8 Å². The molecular formula is C14H28N2. The summed E-state index contributed by atoms with van der Waals surface area (Å²) in [5, 5.41) is 3.55. The zero-order valence-corrected chi connectivity index (χ0v) is 11.2. The zero-order valence-electron chi connectivity index (χ0n) is 11.2. The smallest absolute Gasteiger partial charge is 0.0220 e. The SMILES string of the molecule is CNC(CN(C)C(C)C1CC1)C1CCCC1. The lowest BCUT2D eigenvalue weighted by Gasteiger charge is -2.32. The Morgan fingerprint density at radius 2 is 1.75 bits per heavy atom. The highest BCUT2D eigenvalue weighted by Crippen LogP contribution is 2.35. The number of hydrogen-bond donors (Lipinski definition) is 1. The van der Waals surface area contributed by atoms with Gasteiger partial charge in [0.25, 0.3) is 0 Å². The molecule has 2 saturated carbocycles. The van der Waals surface area contributed by atoms with Crippen LogP contribution < -0.4 is 5.32 Å². The molecule has 2 rings (SSSR count). The second kappa shape index (κ2) is 5.50. The van der Waals surface area contributed by atoms with E-state index in [1.165, 1.54) is 45.1 Å². The van der Waals surface area contributed by atoms with Gasteiger partial charge in [0.05, 0.1) is 0 Å². The first kappa shape index (κ1) is 12.4. The predicted molar refractivity (Wildman–Crippen MR) is 69.6 cm³/mol. The average molecular weight is 224 g/mol. The van der Waals surface area contributed by atoms with E-state index in [-0.39, 0.29) is 0 Å². The van der Waals surface area contributed by atoms with Crippen LogP contribution in [-0.2, 0) is 0 Å². The van der Waals surface area contributed by atoms with Crippen molar-refractivity contribution in [2.45, 2.75) is 57.5 Å². The highest BCUT2D eigenvalue weighted by molar-refractivity contribution is 4.88. The van der Waals surface area contributed by atoms with Crippen LogP contribution in [0.1, 0.15) is 45.4 Å². The normalized spacial score (nSPS) is 26.2. The van der Waals surface area contributed by atoms with Crippen molar-refractivity contribution in [1.29, 1.82) is 0 Å². The molecule has 2 aliphatic carbocycles. The Bertz CT molecular complexity index is 207. The lowest BCUT2D eigenvalue weighted by atomic mass is 9.97. The van der Waals surface area contributed by atoms with Gasteiger partial charge in [-0.1, -0.05) is 12.8 Å². The first-order chi connectivity index (χ1) is 7.72. The fourth-order valence-electron chi connectivity index (χ4n) is 3.25. The van der Waals surface area contributed by atoms with Gasteiger partial charge in [0.2, 0.25) is 0 Å². The molecule has 16 heavy (non-hydrogen) atoms. The van der Waals surface area contributed by atoms with E-state index in [9.17, 15) is 0 Å². The largest absolute Gasteiger partial charge is 0.315 e. The summed E-state index contributed by atoms with van der Waals surface area (Å²) in [6, 6.07) is 1.51. The van der Waals surface area contributed by atoms with E-state index in [1.807, 2.05) is 0 Å². The number of nitrogens with zero attached hydrogens (tertiary/aromatic N) is 1. The maximum atomic E-state index is 3.55. The minimum Gasteiger partial charge on any atom is -0.315 e. The Hall–Kier alpha value is -0.0800. The second-order valence-electron chi connectivity index (χ2n) is 5.96. The van der Waals surface area contributed by atoms with Gasteiger partial charge in [-0.2, -0.15) is 0 Å². The first-order valence-electron chi connectivity index (χ1n) is 7.10. The highest BCUT2D eigenvalue weighted by Gasteiger charge is 2.32. The second-order valence-corrected chi connectivity index (χ2v) is 5.96. The molecule has 2 atom stereocenters. The molecule has 0 spiro atoms. The van der Waals surface area contributed by atoms with Gasteiger partial charge in [0.1, 0.15) is 0 Å². The van der Waals surface area contributed by atoms with Crippen molar-refractivity contribution in [2.24, 2.45) is 11.8 Å². The maximum Gasteiger partial charge on any atom is 0.0220 e. The Morgan fingerprint density at radius 3 is 2.25 bits per heavy atom. The highest BCUT2D eigenvalue weighted by atomic mass is 15.2. The minimum atomic E-state index is 0.716. The summed E-state index contributed by atoms with van der Waals surface area (Å²) < 4.78 is 0. The van der Waals surface area contributed by atoms with Crippen LogP contribution in [0.25, 0.3) is 0 Å². The molecule has 94 valence electrons. The van der Waals surface area contributed by atoms with Crippen LogP contribution in [0.5, 0.6) is 0 Å². The molecule has 1 N–H and O–H groups in total. The molecular weight excluding hydrogens is 196 g/mol. The van der Waals surface area contributed by atoms with Gasteiger partial charge in [-0.15, -0.1) is 0 Å². The van der Waals surface area contributed by atoms with Gasteiger partial charge in [-0.05, 0) is 58.5 Å². The van der Waals surface area contributed by atoms with Gasteiger partial charge >= 0.3 is 0 Å². The molecule has 0 aliphatic heterocycles. The third-order valence-electron chi connectivity index (χ3n) is 4.82. The molecule has 2 fully saturated rings. The van der Waals surface area contributed by atoms with E-state index >= 15 is 0 Å². The Kier molecular flexibility index (Phi) is 4.26. The quantitative estimate of drug-likeness (QED) is 0.746. The molecule has 2 unspecified atom stereocenters. The summed E-state index contributed by atoms with van der Waals surface area (Å²) in [5.41, 5.74) is 0. The van der Waals surface area contributed by atoms with Crippen molar-refractivity contribution >= 4 is 0 Å². The lowest BCUT2D eigenvalue weighted by Crippen LogP contribution is -2.45. The van der Waals surface area contributed by atoms with Crippen LogP contribution in [-0.4, -0.2) is 37.6 Å². The van der Waals surface area contributed by atoms with E-state index in [0.717, 1.165) is 17.9 Å². The topological polar surface area (TPSA) is 15.3 Å². The Morgan fingerprint density at radius 1 is 1.12 bits per heavy atom. The Balaban J connectivity index is 1.80.